The summed E-state index contributed by atoms with van der Waals surface area (Å²) in [6.07, 6.45) is -0.269. The average Bonchev–Trinajstić information content (AvgIpc) is 2.47. The van der Waals surface area contributed by atoms with E-state index in [4.69, 9.17) is 16.7 Å². The van der Waals surface area contributed by atoms with Crippen LogP contribution in [0.2, 0.25) is 5.02 Å². The third-order valence-electron chi connectivity index (χ3n) is 3.06. The smallest absolute Gasteiger partial charge is 0.305 e. The Labute approximate surface area is 131 Å². The second kappa shape index (κ2) is 7.04. The van der Waals surface area contributed by atoms with E-state index in [0.717, 1.165) is 0 Å². The van der Waals surface area contributed by atoms with Crippen LogP contribution in [0.25, 0.3) is 0 Å². The minimum atomic E-state index is -1.04. The standard InChI is InChI=1S/C16H13ClFNO3/c17-12-5-1-10(2-6-12)14(9-15(20)21)19-16(22)11-3-7-13(18)8-4-11/h1-8,14H,9H2,(H,19,22)(H,20,21). The van der Waals surface area contributed by atoms with Crippen molar-refractivity contribution in [1.82, 2.24) is 5.32 Å². The maximum atomic E-state index is 12.9. The number of carbonyl (C=O) groups excluding carboxylic acids is 1. The molecule has 2 N–H and O–H groups in total. The lowest BCUT2D eigenvalue weighted by Gasteiger charge is -2.17. The van der Waals surface area contributed by atoms with Crippen molar-refractivity contribution in [3.63, 3.8) is 0 Å². The van der Waals surface area contributed by atoms with Crippen molar-refractivity contribution >= 4 is 23.5 Å². The molecule has 0 fully saturated rings. The molecule has 6 heteroatoms. The second-order valence-electron chi connectivity index (χ2n) is 4.68. The summed E-state index contributed by atoms with van der Waals surface area (Å²) in [5, 5.41) is 12.1. The summed E-state index contributed by atoms with van der Waals surface area (Å²) in [7, 11) is 0. The number of carboxylic acids is 1. The van der Waals surface area contributed by atoms with Gasteiger partial charge in [-0.2, -0.15) is 0 Å². The molecule has 0 saturated heterocycles. The predicted molar refractivity (Wildman–Crippen MR) is 80.3 cm³/mol. The summed E-state index contributed by atoms with van der Waals surface area (Å²) in [6.45, 7) is 0. The Morgan fingerprint density at radius 3 is 2.23 bits per heavy atom. The van der Waals surface area contributed by atoms with Gasteiger partial charge in [0.15, 0.2) is 0 Å². The molecule has 1 amide bonds. The Bertz CT molecular complexity index is 671. The normalized spacial score (nSPS) is 11.7. The SMILES string of the molecule is O=C(O)CC(NC(=O)c1ccc(F)cc1)c1ccc(Cl)cc1. The molecule has 0 radical (unpaired) electrons. The van der Waals surface area contributed by atoms with Gasteiger partial charge in [0.05, 0.1) is 12.5 Å². The van der Waals surface area contributed by atoms with Crippen LogP contribution < -0.4 is 5.32 Å². The molecule has 0 aliphatic carbocycles. The van der Waals surface area contributed by atoms with Crippen molar-refractivity contribution in [2.24, 2.45) is 0 Å². The monoisotopic (exact) mass is 321 g/mol. The molecular formula is C16H13ClFNO3. The molecule has 0 heterocycles. The van der Waals surface area contributed by atoms with Crippen LogP contribution in [-0.4, -0.2) is 17.0 Å². The zero-order valence-corrected chi connectivity index (χ0v) is 12.2. The lowest BCUT2D eigenvalue weighted by atomic mass is 10.0. The molecule has 4 nitrogen and oxygen atoms in total. The molecule has 0 aliphatic heterocycles. The van der Waals surface area contributed by atoms with Gasteiger partial charge in [0.1, 0.15) is 5.82 Å². The minimum absolute atomic E-state index is 0.255. The third-order valence-corrected chi connectivity index (χ3v) is 3.31. The van der Waals surface area contributed by atoms with Gasteiger partial charge in [0.2, 0.25) is 0 Å². The number of amides is 1. The van der Waals surface area contributed by atoms with Crippen LogP contribution in [0.3, 0.4) is 0 Å². The first-order valence-corrected chi connectivity index (χ1v) is 6.87. The molecule has 0 aliphatic rings. The maximum Gasteiger partial charge on any atom is 0.305 e. The Hall–Kier alpha value is -2.40. The highest BCUT2D eigenvalue weighted by Crippen LogP contribution is 2.20. The van der Waals surface area contributed by atoms with Crippen LogP contribution in [0.1, 0.15) is 28.4 Å². The third kappa shape index (κ3) is 4.30. The summed E-state index contributed by atoms with van der Waals surface area (Å²) >= 11 is 5.80. The van der Waals surface area contributed by atoms with E-state index < -0.39 is 23.7 Å². The van der Waals surface area contributed by atoms with Gasteiger partial charge in [0, 0.05) is 10.6 Å². The summed E-state index contributed by atoms with van der Waals surface area (Å²) in [6, 6.07) is 10.9. The number of carboxylic acid groups (broad SMARTS) is 1. The van der Waals surface area contributed by atoms with E-state index in [-0.39, 0.29) is 12.0 Å². The van der Waals surface area contributed by atoms with Crippen molar-refractivity contribution in [2.45, 2.75) is 12.5 Å². The Morgan fingerprint density at radius 1 is 1.09 bits per heavy atom. The highest BCUT2D eigenvalue weighted by Gasteiger charge is 2.19. The molecule has 1 unspecified atom stereocenters. The van der Waals surface area contributed by atoms with E-state index in [1.807, 2.05) is 0 Å². The van der Waals surface area contributed by atoms with Crippen molar-refractivity contribution in [1.29, 1.82) is 0 Å². The number of aliphatic carboxylic acids is 1. The fourth-order valence-corrected chi connectivity index (χ4v) is 2.09. The van der Waals surface area contributed by atoms with Gasteiger partial charge in [-0.1, -0.05) is 23.7 Å². The number of nitrogens with one attached hydrogen (secondary N) is 1. The van der Waals surface area contributed by atoms with Crippen LogP contribution in [-0.2, 0) is 4.79 Å². The molecule has 0 spiro atoms. The summed E-state index contributed by atoms with van der Waals surface area (Å²) in [5.74, 6) is -1.96. The van der Waals surface area contributed by atoms with Crippen LogP contribution in [0.4, 0.5) is 4.39 Å². The van der Waals surface area contributed by atoms with Gasteiger partial charge in [-0.05, 0) is 42.0 Å². The first kappa shape index (κ1) is 16.0. The van der Waals surface area contributed by atoms with Crippen molar-refractivity contribution in [3.8, 4) is 0 Å². The van der Waals surface area contributed by atoms with Gasteiger partial charge < -0.3 is 10.4 Å². The van der Waals surface area contributed by atoms with E-state index in [9.17, 15) is 14.0 Å². The van der Waals surface area contributed by atoms with Crippen molar-refractivity contribution in [3.05, 3.63) is 70.5 Å². The van der Waals surface area contributed by atoms with Gasteiger partial charge in [-0.15, -0.1) is 0 Å². The van der Waals surface area contributed by atoms with Gasteiger partial charge >= 0.3 is 5.97 Å². The fourth-order valence-electron chi connectivity index (χ4n) is 1.96. The van der Waals surface area contributed by atoms with Crippen LogP contribution in [0.15, 0.2) is 48.5 Å². The number of hydrogen-bond donors (Lipinski definition) is 2. The highest BCUT2D eigenvalue weighted by atomic mass is 35.5. The largest absolute Gasteiger partial charge is 0.481 e. The zero-order valence-electron chi connectivity index (χ0n) is 11.4. The molecule has 2 rings (SSSR count). The van der Waals surface area contributed by atoms with Crippen molar-refractivity contribution in [2.75, 3.05) is 0 Å². The molecule has 114 valence electrons. The average molecular weight is 322 g/mol. The molecule has 2 aromatic rings. The first-order valence-electron chi connectivity index (χ1n) is 6.49. The molecule has 22 heavy (non-hydrogen) atoms. The van der Waals surface area contributed by atoms with Crippen molar-refractivity contribution < 1.29 is 19.1 Å². The fraction of sp³-hybridized carbons (Fsp3) is 0.125. The highest BCUT2D eigenvalue weighted by molar-refractivity contribution is 6.30. The minimum Gasteiger partial charge on any atom is -0.481 e. The maximum absolute atomic E-state index is 12.9. The molecule has 0 bridgehead atoms. The molecule has 0 saturated carbocycles. The quantitative estimate of drug-likeness (QED) is 0.886. The van der Waals surface area contributed by atoms with Gasteiger partial charge in [-0.3, -0.25) is 9.59 Å². The Kier molecular flexibility index (Phi) is 5.12. The van der Waals surface area contributed by atoms with Crippen LogP contribution in [0, 0.1) is 5.82 Å². The van der Waals surface area contributed by atoms with Crippen LogP contribution >= 0.6 is 11.6 Å². The molecule has 1 atom stereocenters. The van der Waals surface area contributed by atoms with E-state index in [0.29, 0.717) is 10.6 Å². The number of carbonyl (C=O) groups is 2. The summed E-state index contributed by atoms with van der Waals surface area (Å²) in [5.41, 5.74) is 0.882. The second-order valence-corrected chi connectivity index (χ2v) is 5.12. The predicted octanol–water partition coefficient (Wildman–Crippen LogP) is 3.42. The number of halogens is 2. The Morgan fingerprint density at radius 2 is 1.68 bits per heavy atom. The number of benzene rings is 2. The van der Waals surface area contributed by atoms with Gasteiger partial charge in [0.25, 0.3) is 5.91 Å². The number of hydrogen-bond acceptors (Lipinski definition) is 2. The van der Waals surface area contributed by atoms with Crippen LogP contribution in [0.5, 0.6) is 0 Å². The van der Waals surface area contributed by atoms with E-state index in [2.05, 4.69) is 5.32 Å². The lowest BCUT2D eigenvalue weighted by Crippen LogP contribution is -2.30. The molecule has 2 aromatic carbocycles. The summed E-state index contributed by atoms with van der Waals surface area (Å²) in [4.78, 5) is 23.1. The Balaban J connectivity index is 2.19. The first-order chi connectivity index (χ1) is 10.5. The summed E-state index contributed by atoms with van der Waals surface area (Å²) < 4.78 is 12.9. The van der Waals surface area contributed by atoms with Gasteiger partial charge in [-0.25, -0.2) is 4.39 Å². The molecule has 0 aromatic heterocycles. The topological polar surface area (TPSA) is 66.4 Å². The lowest BCUT2D eigenvalue weighted by molar-refractivity contribution is -0.137. The van der Waals surface area contributed by atoms with E-state index in [1.54, 1.807) is 24.3 Å². The molecular weight excluding hydrogens is 309 g/mol. The van der Waals surface area contributed by atoms with E-state index in [1.165, 1.54) is 24.3 Å². The van der Waals surface area contributed by atoms with E-state index >= 15 is 0 Å². The zero-order chi connectivity index (χ0) is 16.1. The number of rotatable bonds is 5.